The molecule has 0 amide bonds. The van der Waals surface area contributed by atoms with E-state index >= 15 is 0 Å². The van der Waals surface area contributed by atoms with E-state index in [2.05, 4.69) is 28.3 Å². The normalized spacial score (nSPS) is 10.8. The highest BCUT2D eigenvalue weighted by molar-refractivity contribution is 7.16. The first kappa shape index (κ1) is 12.9. The van der Waals surface area contributed by atoms with Gasteiger partial charge in [0.25, 0.3) is 0 Å². The van der Waals surface area contributed by atoms with E-state index in [0.717, 1.165) is 28.0 Å². The van der Waals surface area contributed by atoms with Crippen molar-refractivity contribution in [2.45, 2.75) is 19.9 Å². The van der Waals surface area contributed by atoms with Crippen LogP contribution in [0.2, 0.25) is 0 Å². The van der Waals surface area contributed by atoms with Crippen molar-refractivity contribution >= 4 is 32.9 Å². The van der Waals surface area contributed by atoms with Crippen molar-refractivity contribution in [2.75, 3.05) is 11.1 Å². The molecule has 102 valence electrons. The van der Waals surface area contributed by atoms with Crippen LogP contribution in [0.25, 0.3) is 10.2 Å². The van der Waals surface area contributed by atoms with Crippen LogP contribution in [-0.4, -0.2) is 9.97 Å². The highest BCUT2D eigenvalue weighted by Gasteiger charge is 2.07. The molecule has 0 unspecified atom stereocenters. The second-order valence-electron chi connectivity index (χ2n) is 4.54. The summed E-state index contributed by atoms with van der Waals surface area (Å²) >= 11 is 1.60. The highest BCUT2D eigenvalue weighted by Crippen LogP contribution is 2.30. The van der Waals surface area contributed by atoms with Crippen LogP contribution in [0.4, 0.5) is 11.4 Å². The monoisotopic (exact) mass is 284 g/mol. The number of pyridine rings is 1. The summed E-state index contributed by atoms with van der Waals surface area (Å²) in [6.45, 7) is 2.81. The molecule has 0 spiro atoms. The van der Waals surface area contributed by atoms with E-state index in [0.29, 0.717) is 12.2 Å². The van der Waals surface area contributed by atoms with Gasteiger partial charge >= 0.3 is 0 Å². The van der Waals surface area contributed by atoms with Crippen LogP contribution >= 0.6 is 11.3 Å². The van der Waals surface area contributed by atoms with Gasteiger partial charge in [-0.3, -0.25) is 4.98 Å². The summed E-state index contributed by atoms with van der Waals surface area (Å²) in [7, 11) is 0. The van der Waals surface area contributed by atoms with Gasteiger partial charge in [0, 0.05) is 6.20 Å². The van der Waals surface area contributed by atoms with Crippen LogP contribution < -0.4 is 11.1 Å². The van der Waals surface area contributed by atoms with Gasteiger partial charge in [0.1, 0.15) is 5.52 Å². The predicted octanol–water partition coefficient (Wildman–Crippen LogP) is 3.45. The SMILES string of the molecule is CCc1cccnc1CNc1ccc2scnc2c1N. The van der Waals surface area contributed by atoms with Crippen molar-refractivity contribution in [3.05, 3.63) is 47.2 Å². The first-order valence-electron chi connectivity index (χ1n) is 6.58. The molecule has 3 rings (SSSR count). The minimum absolute atomic E-state index is 0.670. The number of thiazole rings is 1. The van der Waals surface area contributed by atoms with Gasteiger partial charge < -0.3 is 11.1 Å². The summed E-state index contributed by atoms with van der Waals surface area (Å²) in [5.41, 5.74) is 12.8. The van der Waals surface area contributed by atoms with Crippen molar-refractivity contribution in [1.82, 2.24) is 9.97 Å². The topological polar surface area (TPSA) is 63.8 Å². The molecule has 0 saturated heterocycles. The molecule has 0 fully saturated rings. The van der Waals surface area contributed by atoms with E-state index in [-0.39, 0.29) is 0 Å². The van der Waals surface area contributed by atoms with E-state index in [1.54, 1.807) is 11.3 Å². The molecule has 0 saturated carbocycles. The third-order valence-electron chi connectivity index (χ3n) is 3.35. The zero-order valence-electron chi connectivity index (χ0n) is 11.3. The van der Waals surface area contributed by atoms with Crippen molar-refractivity contribution in [1.29, 1.82) is 0 Å². The molecule has 3 aromatic rings. The van der Waals surface area contributed by atoms with Crippen LogP contribution in [0, 0.1) is 0 Å². The molecule has 0 aliphatic heterocycles. The lowest BCUT2D eigenvalue weighted by molar-refractivity contribution is 0.972. The van der Waals surface area contributed by atoms with E-state index in [1.807, 2.05) is 29.9 Å². The van der Waals surface area contributed by atoms with Gasteiger partial charge in [0.2, 0.25) is 0 Å². The molecule has 0 aliphatic rings. The number of fused-ring (bicyclic) bond motifs is 1. The number of anilines is 2. The lowest BCUT2D eigenvalue weighted by Crippen LogP contribution is -2.06. The summed E-state index contributed by atoms with van der Waals surface area (Å²) < 4.78 is 1.11. The second kappa shape index (κ2) is 5.46. The molecular formula is C15H16N4S. The molecular weight excluding hydrogens is 268 g/mol. The fourth-order valence-electron chi connectivity index (χ4n) is 2.24. The van der Waals surface area contributed by atoms with Gasteiger partial charge in [0.15, 0.2) is 0 Å². The van der Waals surface area contributed by atoms with Gasteiger partial charge in [-0.1, -0.05) is 13.0 Å². The number of hydrogen-bond donors (Lipinski definition) is 2. The molecule has 0 atom stereocenters. The number of nitrogens with one attached hydrogen (secondary N) is 1. The molecule has 0 radical (unpaired) electrons. The van der Waals surface area contributed by atoms with Crippen molar-refractivity contribution in [3.63, 3.8) is 0 Å². The first-order valence-corrected chi connectivity index (χ1v) is 7.46. The van der Waals surface area contributed by atoms with E-state index in [9.17, 15) is 0 Å². The lowest BCUT2D eigenvalue weighted by Gasteiger charge is -2.11. The van der Waals surface area contributed by atoms with Crippen molar-refractivity contribution < 1.29 is 0 Å². The van der Waals surface area contributed by atoms with Gasteiger partial charge in [0.05, 0.1) is 33.8 Å². The van der Waals surface area contributed by atoms with Crippen LogP contribution in [0.5, 0.6) is 0 Å². The average Bonchev–Trinajstić information content (AvgIpc) is 2.96. The Morgan fingerprint density at radius 3 is 3.00 bits per heavy atom. The number of hydrogen-bond acceptors (Lipinski definition) is 5. The molecule has 0 bridgehead atoms. The Kier molecular flexibility index (Phi) is 3.52. The summed E-state index contributed by atoms with van der Waals surface area (Å²) in [5, 5.41) is 3.36. The summed E-state index contributed by atoms with van der Waals surface area (Å²) in [4.78, 5) is 8.74. The average molecular weight is 284 g/mol. The van der Waals surface area contributed by atoms with Crippen LogP contribution in [0.15, 0.2) is 36.0 Å². The summed E-state index contributed by atoms with van der Waals surface area (Å²) in [6, 6.07) is 8.13. The number of rotatable bonds is 4. The Morgan fingerprint density at radius 1 is 1.25 bits per heavy atom. The van der Waals surface area contributed by atoms with Gasteiger partial charge in [-0.15, -0.1) is 11.3 Å². The van der Waals surface area contributed by atoms with Gasteiger partial charge in [-0.2, -0.15) is 0 Å². The molecule has 2 heterocycles. The second-order valence-corrected chi connectivity index (χ2v) is 5.43. The van der Waals surface area contributed by atoms with Crippen LogP contribution in [0.1, 0.15) is 18.2 Å². The number of aromatic nitrogens is 2. The quantitative estimate of drug-likeness (QED) is 0.720. The maximum absolute atomic E-state index is 6.16. The Labute approximate surface area is 121 Å². The van der Waals surface area contributed by atoms with Crippen LogP contribution in [-0.2, 0) is 13.0 Å². The van der Waals surface area contributed by atoms with E-state index in [4.69, 9.17) is 5.73 Å². The summed E-state index contributed by atoms with van der Waals surface area (Å²) in [6.07, 6.45) is 2.80. The van der Waals surface area contributed by atoms with Crippen molar-refractivity contribution in [2.24, 2.45) is 0 Å². The molecule has 0 aliphatic carbocycles. The minimum atomic E-state index is 0.670. The molecule has 3 N–H and O–H groups in total. The maximum atomic E-state index is 6.16. The molecule has 20 heavy (non-hydrogen) atoms. The molecule has 2 aromatic heterocycles. The fraction of sp³-hybridized carbons (Fsp3) is 0.200. The minimum Gasteiger partial charge on any atom is -0.395 e. The number of benzene rings is 1. The molecule has 4 nitrogen and oxygen atoms in total. The standard InChI is InChI=1S/C15H16N4S/c1-2-10-4-3-7-17-12(10)8-18-11-5-6-13-15(14(11)16)19-9-20-13/h3-7,9,18H,2,8,16H2,1H3. The highest BCUT2D eigenvalue weighted by atomic mass is 32.1. The number of nitrogens with zero attached hydrogens (tertiary/aromatic N) is 2. The smallest absolute Gasteiger partial charge is 0.106 e. The maximum Gasteiger partial charge on any atom is 0.106 e. The molecule has 1 aromatic carbocycles. The largest absolute Gasteiger partial charge is 0.395 e. The zero-order chi connectivity index (χ0) is 13.9. The fourth-order valence-corrected chi connectivity index (χ4v) is 2.93. The Balaban J connectivity index is 1.85. The Hall–Kier alpha value is -2.14. The number of aryl methyl sites for hydroxylation is 1. The Bertz CT molecular complexity index is 736. The first-order chi connectivity index (χ1) is 9.79. The van der Waals surface area contributed by atoms with E-state index < -0.39 is 0 Å². The van der Waals surface area contributed by atoms with Crippen molar-refractivity contribution in [3.8, 4) is 0 Å². The third kappa shape index (κ3) is 2.32. The lowest BCUT2D eigenvalue weighted by atomic mass is 10.1. The van der Waals surface area contributed by atoms with Gasteiger partial charge in [-0.25, -0.2) is 4.98 Å². The predicted molar refractivity (Wildman–Crippen MR) is 85.0 cm³/mol. The number of nitrogen functional groups attached to an aromatic ring is 1. The number of nitrogens with two attached hydrogens (primary N) is 1. The van der Waals surface area contributed by atoms with E-state index in [1.165, 1.54) is 5.56 Å². The van der Waals surface area contributed by atoms with Crippen LogP contribution in [0.3, 0.4) is 0 Å². The Morgan fingerprint density at radius 2 is 2.15 bits per heavy atom. The summed E-state index contributed by atoms with van der Waals surface area (Å²) in [5.74, 6) is 0. The molecule has 5 heteroatoms. The van der Waals surface area contributed by atoms with Gasteiger partial charge in [-0.05, 0) is 30.2 Å². The zero-order valence-corrected chi connectivity index (χ0v) is 12.1. The third-order valence-corrected chi connectivity index (χ3v) is 4.15.